The molecule has 15 heavy (non-hydrogen) atoms. The Labute approximate surface area is 96.3 Å². The maximum absolute atomic E-state index is 11.9. The molecular formula is C10H11ClN2OS. The lowest BCUT2D eigenvalue weighted by atomic mass is 10.3. The van der Waals surface area contributed by atoms with Crippen LogP contribution in [0.4, 0.5) is 5.69 Å². The van der Waals surface area contributed by atoms with Crippen LogP contribution < -0.4 is 5.73 Å². The van der Waals surface area contributed by atoms with Crippen molar-refractivity contribution in [1.82, 2.24) is 0 Å². The molecule has 1 rings (SSSR count). The van der Waals surface area contributed by atoms with Crippen LogP contribution in [0.15, 0.2) is 23.1 Å². The van der Waals surface area contributed by atoms with E-state index < -0.39 is 16.0 Å². The number of rotatable bonds is 3. The van der Waals surface area contributed by atoms with Gasteiger partial charge in [0, 0.05) is 10.7 Å². The van der Waals surface area contributed by atoms with Crippen LogP contribution in [0.25, 0.3) is 0 Å². The van der Waals surface area contributed by atoms with Crippen molar-refractivity contribution in [3.05, 3.63) is 23.2 Å². The summed E-state index contributed by atoms with van der Waals surface area (Å²) in [4.78, 5) is 0.441. The molecule has 0 fully saturated rings. The fourth-order valence-corrected chi connectivity index (χ4v) is 2.61. The molecule has 5 heteroatoms. The van der Waals surface area contributed by atoms with Gasteiger partial charge in [-0.05, 0) is 24.6 Å². The summed E-state index contributed by atoms with van der Waals surface area (Å²) >= 11 is 5.78. The van der Waals surface area contributed by atoms with Crippen LogP contribution in [-0.4, -0.2) is 9.46 Å². The first kappa shape index (κ1) is 12.0. The molecule has 0 aliphatic rings. The average molecular weight is 243 g/mol. The highest BCUT2D eigenvalue weighted by atomic mass is 35.5. The van der Waals surface area contributed by atoms with Crippen molar-refractivity contribution in [3.8, 4) is 6.07 Å². The smallest absolute Gasteiger partial charge is 0.126 e. The van der Waals surface area contributed by atoms with E-state index in [2.05, 4.69) is 0 Å². The van der Waals surface area contributed by atoms with Gasteiger partial charge in [0.1, 0.15) is 5.25 Å². The highest BCUT2D eigenvalue weighted by Crippen LogP contribution is 2.24. The van der Waals surface area contributed by atoms with E-state index in [1.165, 1.54) is 0 Å². The van der Waals surface area contributed by atoms with Gasteiger partial charge in [0.2, 0.25) is 0 Å². The molecule has 0 heterocycles. The van der Waals surface area contributed by atoms with Gasteiger partial charge in [0.05, 0.1) is 21.8 Å². The highest BCUT2D eigenvalue weighted by Gasteiger charge is 2.18. The third-order valence-electron chi connectivity index (χ3n) is 1.97. The first-order valence-corrected chi connectivity index (χ1v) is 6.04. The SMILES string of the molecule is CCC(C#N)S(=O)c1cc(Cl)ccc1N. The monoisotopic (exact) mass is 242 g/mol. The Morgan fingerprint density at radius 2 is 2.33 bits per heavy atom. The van der Waals surface area contributed by atoms with E-state index in [9.17, 15) is 4.21 Å². The quantitative estimate of drug-likeness (QED) is 0.828. The molecule has 0 saturated heterocycles. The maximum Gasteiger partial charge on any atom is 0.126 e. The van der Waals surface area contributed by atoms with Crippen molar-refractivity contribution in [2.75, 3.05) is 5.73 Å². The number of nitrogens with zero attached hydrogens (tertiary/aromatic N) is 1. The first-order valence-electron chi connectivity index (χ1n) is 4.45. The number of anilines is 1. The third kappa shape index (κ3) is 2.71. The standard InChI is InChI=1S/C10H11ClN2OS/c1-2-8(6-12)15(14)10-5-7(11)3-4-9(10)13/h3-5,8H,2,13H2,1H3. The fourth-order valence-electron chi connectivity index (χ4n) is 1.13. The zero-order valence-corrected chi connectivity index (χ0v) is 9.81. The molecule has 0 aliphatic heterocycles. The number of nitrogens with two attached hydrogens (primary N) is 1. The van der Waals surface area contributed by atoms with Crippen molar-refractivity contribution in [1.29, 1.82) is 5.26 Å². The number of nitrogen functional groups attached to an aromatic ring is 1. The average Bonchev–Trinajstić information content (AvgIpc) is 2.23. The number of hydrogen-bond acceptors (Lipinski definition) is 3. The van der Waals surface area contributed by atoms with Crippen LogP contribution in [0.1, 0.15) is 13.3 Å². The molecule has 0 aliphatic carbocycles. The minimum Gasteiger partial charge on any atom is -0.398 e. The van der Waals surface area contributed by atoms with Crippen LogP contribution in [0.5, 0.6) is 0 Å². The molecule has 1 aromatic rings. The molecule has 2 unspecified atom stereocenters. The minimum absolute atomic E-state index is 0.409. The van der Waals surface area contributed by atoms with Gasteiger partial charge < -0.3 is 5.73 Å². The van der Waals surface area contributed by atoms with Crippen LogP contribution >= 0.6 is 11.6 Å². The van der Waals surface area contributed by atoms with Gasteiger partial charge >= 0.3 is 0 Å². The van der Waals surface area contributed by atoms with E-state index in [1.54, 1.807) is 18.2 Å². The summed E-state index contributed by atoms with van der Waals surface area (Å²) < 4.78 is 11.9. The highest BCUT2D eigenvalue weighted by molar-refractivity contribution is 7.86. The molecule has 3 nitrogen and oxygen atoms in total. The lowest BCUT2D eigenvalue weighted by Crippen LogP contribution is -2.13. The zero-order valence-electron chi connectivity index (χ0n) is 8.24. The van der Waals surface area contributed by atoms with Crippen LogP contribution in [0.2, 0.25) is 5.02 Å². The van der Waals surface area contributed by atoms with Gasteiger partial charge in [-0.2, -0.15) is 5.26 Å². The Morgan fingerprint density at radius 1 is 1.67 bits per heavy atom. The Kier molecular flexibility index (Phi) is 4.13. The van der Waals surface area contributed by atoms with Crippen molar-refractivity contribution in [2.45, 2.75) is 23.5 Å². The van der Waals surface area contributed by atoms with E-state index in [-0.39, 0.29) is 0 Å². The molecule has 0 saturated carbocycles. The van der Waals surface area contributed by atoms with Crippen LogP contribution in [0, 0.1) is 11.3 Å². The van der Waals surface area contributed by atoms with Crippen molar-refractivity contribution < 1.29 is 4.21 Å². The van der Waals surface area contributed by atoms with Gasteiger partial charge in [-0.15, -0.1) is 0 Å². The molecule has 80 valence electrons. The van der Waals surface area contributed by atoms with E-state index in [4.69, 9.17) is 22.6 Å². The topological polar surface area (TPSA) is 66.9 Å². The Hall–Kier alpha value is -1.05. The molecule has 2 N–H and O–H groups in total. The molecule has 0 radical (unpaired) electrons. The van der Waals surface area contributed by atoms with Gasteiger partial charge in [-0.25, -0.2) is 0 Å². The number of halogens is 1. The normalized spacial score (nSPS) is 14.2. The second-order valence-corrected chi connectivity index (χ2v) is 5.05. The number of hydrogen-bond donors (Lipinski definition) is 1. The van der Waals surface area contributed by atoms with Crippen molar-refractivity contribution in [3.63, 3.8) is 0 Å². The first-order chi connectivity index (χ1) is 7.10. The summed E-state index contributed by atoms with van der Waals surface area (Å²) in [6, 6.07) is 6.77. The minimum atomic E-state index is -1.41. The van der Waals surface area contributed by atoms with Gasteiger partial charge in [-0.3, -0.25) is 4.21 Å². The van der Waals surface area contributed by atoms with Gasteiger partial charge in [-0.1, -0.05) is 18.5 Å². The van der Waals surface area contributed by atoms with Crippen molar-refractivity contribution >= 4 is 28.1 Å². The predicted molar refractivity (Wildman–Crippen MR) is 62.0 cm³/mol. The summed E-state index contributed by atoms with van der Waals surface area (Å²) in [5.74, 6) is 0. The van der Waals surface area contributed by atoms with E-state index in [1.807, 2.05) is 13.0 Å². The Balaban J connectivity index is 3.11. The van der Waals surface area contributed by atoms with E-state index in [0.717, 1.165) is 0 Å². The second kappa shape index (κ2) is 5.15. The zero-order chi connectivity index (χ0) is 11.4. The fraction of sp³-hybridized carbons (Fsp3) is 0.300. The van der Waals surface area contributed by atoms with Crippen molar-refractivity contribution in [2.24, 2.45) is 0 Å². The Bertz CT molecular complexity index is 428. The number of benzene rings is 1. The maximum atomic E-state index is 11.9. The molecule has 2 atom stereocenters. The molecule has 1 aromatic carbocycles. The van der Waals surface area contributed by atoms with Crippen LogP contribution in [-0.2, 0) is 10.8 Å². The van der Waals surface area contributed by atoms with Gasteiger partial charge in [0.25, 0.3) is 0 Å². The van der Waals surface area contributed by atoms with Gasteiger partial charge in [0.15, 0.2) is 0 Å². The summed E-state index contributed by atoms with van der Waals surface area (Å²) in [7, 11) is -1.41. The molecule has 0 bridgehead atoms. The molecule has 0 aromatic heterocycles. The molecule has 0 spiro atoms. The van der Waals surface area contributed by atoms with Crippen LogP contribution in [0.3, 0.4) is 0 Å². The summed E-state index contributed by atoms with van der Waals surface area (Å²) in [6.45, 7) is 1.81. The largest absolute Gasteiger partial charge is 0.398 e. The summed E-state index contributed by atoms with van der Waals surface area (Å²) in [6.07, 6.45) is 0.523. The summed E-state index contributed by atoms with van der Waals surface area (Å²) in [5, 5.41) is 8.74. The summed E-state index contributed by atoms with van der Waals surface area (Å²) in [5.41, 5.74) is 6.09. The van der Waals surface area contributed by atoms with E-state index >= 15 is 0 Å². The number of nitriles is 1. The lowest BCUT2D eigenvalue weighted by Gasteiger charge is -2.09. The van der Waals surface area contributed by atoms with E-state index in [0.29, 0.717) is 22.0 Å². The lowest BCUT2D eigenvalue weighted by molar-refractivity contribution is 0.676. The Morgan fingerprint density at radius 3 is 2.87 bits per heavy atom. The molecular weight excluding hydrogens is 232 g/mol. The molecule has 0 amide bonds. The second-order valence-electron chi connectivity index (χ2n) is 3.01. The third-order valence-corrected chi connectivity index (χ3v) is 3.94. The predicted octanol–water partition coefficient (Wildman–Crippen LogP) is 2.33.